The van der Waals surface area contributed by atoms with Crippen molar-refractivity contribution in [1.29, 1.82) is 0 Å². The first-order valence-corrected chi connectivity index (χ1v) is 10.9. The summed E-state index contributed by atoms with van der Waals surface area (Å²) in [5, 5.41) is 6.53. The summed E-state index contributed by atoms with van der Waals surface area (Å²) in [4.78, 5) is 11.0. The molecule has 6 nitrogen and oxygen atoms in total. The van der Waals surface area contributed by atoms with Crippen molar-refractivity contribution in [3.05, 3.63) is 17.3 Å². The molecule has 1 saturated carbocycles. The lowest BCUT2D eigenvalue weighted by Gasteiger charge is -2.33. The van der Waals surface area contributed by atoms with E-state index in [1.807, 2.05) is 13.8 Å². The molecule has 1 aromatic heterocycles. The zero-order chi connectivity index (χ0) is 21.7. The molecule has 30 heavy (non-hydrogen) atoms. The van der Waals surface area contributed by atoms with Crippen LogP contribution in [0.4, 0.5) is 13.2 Å². The van der Waals surface area contributed by atoms with Gasteiger partial charge < -0.3 is 15.1 Å². The average molecular weight is 430 g/mol. The average Bonchev–Trinajstić information content (AvgIpc) is 3.02. The van der Waals surface area contributed by atoms with Crippen molar-refractivity contribution in [1.82, 2.24) is 20.5 Å². The molecule has 0 spiro atoms. The zero-order valence-corrected chi connectivity index (χ0v) is 18.2. The number of hydrogen-bond donors (Lipinski definition) is 2. The third-order valence-electron chi connectivity index (χ3n) is 6.40. The van der Waals surface area contributed by atoms with Crippen LogP contribution in [0.25, 0.3) is 0 Å². The number of alkyl halides is 3. The minimum atomic E-state index is -4.10. The highest BCUT2D eigenvalue weighted by molar-refractivity contribution is 5.79. The van der Waals surface area contributed by atoms with Crippen LogP contribution in [0.15, 0.2) is 9.41 Å². The zero-order valence-electron chi connectivity index (χ0n) is 18.2. The molecule has 0 amide bonds. The van der Waals surface area contributed by atoms with Crippen molar-refractivity contribution in [2.75, 3.05) is 26.7 Å². The standard InChI is InChI=1S/C21H34F3N5O/c1-14-15(2)30-19(27-14)13-29-9-7-16(8-10-29)12-26-20(25-3)28-18-6-4-5-17(11-18)21(22,23)24/h16-18H,4-13H2,1-3H3,(H2,25,26,28). The number of aliphatic imine (C=N–C) groups is 1. The van der Waals surface area contributed by atoms with E-state index >= 15 is 0 Å². The van der Waals surface area contributed by atoms with E-state index in [0.717, 1.165) is 62.8 Å². The van der Waals surface area contributed by atoms with Crippen molar-refractivity contribution in [3.63, 3.8) is 0 Å². The normalized spacial score (nSPS) is 24.8. The van der Waals surface area contributed by atoms with Crippen molar-refractivity contribution >= 4 is 5.96 Å². The lowest BCUT2D eigenvalue weighted by atomic mass is 9.85. The summed E-state index contributed by atoms with van der Waals surface area (Å²) < 4.78 is 44.8. The maximum absolute atomic E-state index is 13.0. The molecule has 170 valence electrons. The molecule has 1 aliphatic heterocycles. The minimum Gasteiger partial charge on any atom is -0.444 e. The topological polar surface area (TPSA) is 65.7 Å². The minimum absolute atomic E-state index is 0.127. The van der Waals surface area contributed by atoms with Crippen molar-refractivity contribution in [3.8, 4) is 0 Å². The maximum atomic E-state index is 13.0. The first-order chi connectivity index (χ1) is 14.2. The Balaban J connectivity index is 1.38. The Morgan fingerprint density at radius 2 is 1.93 bits per heavy atom. The highest BCUT2D eigenvalue weighted by Crippen LogP contribution is 2.37. The number of nitrogens with zero attached hydrogens (tertiary/aromatic N) is 3. The number of aromatic nitrogens is 1. The highest BCUT2D eigenvalue weighted by Gasteiger charge is 2.42. The molecule has 2 N–H and O–H groups in total. The van der Waals surface area contributed by atoms with E-state index in [0.29, 0.717) is 18.3 Å². The van der Waals surface area contributed by atoms with E-state index < -0.39 is 12.1 Å². The Bertz CT molecular complexity index is 690. The molecule has 2 heterocycles. The number of aryl methyl sites for hydroxylation is 2. The van der Waals surface area contributed by atoms with Gasteiger partial charge in [-0.3, -0.25) is 9.89 Å². The van der Waals surface area contributed by atoms with Crippen LogP contribution in [0.2, 0.25) is 0 Å². The number of oxazole rings is 1. The molecule has 1 aromatic rings. The number of halogens is 3. The number of rotatable bonds is 5. The van der Waals surface area contributed by atoms with Crippen LogP contribution in [0, 0.1) is 25.7 Å². The van der Waals surface area contributed by atoms with Gasteiger partial charge in [0, 0.05) is 19.6 Å². The largest absolute Gasteiger partial charge is 0.444 e. The van der Waals surface area contributed by atoms with Crippen LogP contribution in [0.1, 0.15) is 55.9 Å². The van der Waals surface area contributed by atoms with E-state index in [2.05, 4.69) is 25.5 Å². The first kappa shape index (κ1) is 22.9. The predicted molar refractivity (Wildman–Crippen MR) is 110 cm³/mol. The fourth-order valence-corrected chi connectivity index (χ4v) is 4.39. The Morgan fingerprint density at radius 1 is 1.20 bits per heavy atom. The highest BCUT2D eigenvalue weighted by atomic mass is 19.4. The van der Waals surface area contributed by atoms with Crippen LogP contribution < -0.4 is 10.6 Å². The van der Waals surface area contributed by atoms with Gasteiger partial charge in [0.25, 0.3) is 0 Å². The quantitative estimate of drug-likeness (QED) is 0.551. The second-order valence-corrected chi connectivity index (χ2v) is 8.67. The van der Waals surface area contributed by atoms with Crippen molar-refractivity contribution in [2.45, 2.75) is 71.1 Å². The molecule has 2 atom stereocenters. The van der Waals surface area contributed by atoms with Gasteiger partial charge in [0.15, 0.2) is 5.96 Å². The van der Waals surface area contributed by atoms with Crippen LogP contribution in [0.5, 0.6) is 0 Å². The summed E-state index contributed by atoms with van der Waals surface area (Å²) in [6.45, 7) is 7.36. The molecule has 2 aliphatic rings. The molecule has 0 aromatic carbocycles. The van der Waals surface area contributed by atoms with Crippen LogP contribution in [-0.4, -0.2) is 54.7 Å². The van der Waals surface area contributed by atoms with Crippen molar-refractivity contribution < 1.29 is 17.6 Å². The molecule has 2 unspecified atom stereocenters. The molecular weight excluding hydrogens is 395 g/mol. The number of piperidine rings is 1. The van der Waals surface area contributed by atoms with Gasteiger partial charge in [-0.15, -0.1) is 0 Å². The number of hydrogen-bond acceptors (Lipinski definition) is 4. The molecule has 1 saturated heterocycles. The fraction of sp³-hybridized carbons (Fsp3) is 0.810. The van der Waals surface area contributed by atoms with E-state index in [9.17, 15) is 13.2 Å². The molecular formula is C21H34F3N5O. The molecule has 3 rings (SSSR count). The Labute approximate surface area is 176 Å². The van der Waals surface area contributed by atoms with Crippen molar-refractivity contribution in [2.24, 2.45) is 16.8 Å². The van der Waals surface area contributed by atoms with Gasteiger partial charge in [-0.25, -0.2) is 4.98 Å². The van der Waals surface area contributed by atoms with Gasteiger partial charge in [0.2, 0.25) is 5.89 Å². The first-order valence-electron chi connectivity index (χ1n) is 10.9. The van der Waals surface area contributed by atoms with Gasteiger partial charge in [-0.05, 0) is 65.0 Å². The molecule has 0 bridgehead atoms. The Hall–Kier alpha value is -1.77. The summed E-state index contributed by atoms with van der Waals surface area (Å²) in [5.74, 6) is 1.57. The van der Waals surface area contributed by atoms with E-state index in [4.69, 9.17) is 4.42 Å². The Kier molecular flexibility index (Phi) is 7.65. The van der Waals surface area contributed by atoms with E-state index in [-0.39, 0.29) is 18.9 Å². The molecule has 1 aliphatic carbocycles. The molecule has 2 fully saturated rings. The van der Waals surface area contributed by atoms with Crippen LogP contribution in [-0.2, 0) is 6.54 Å². The fourth-order valence-electron chi connectivity index (χ4n) is 4.39. The van der Waals surface area contributed by atoms with Gasteiger partial charge >= 0.3 is 6.18 Å². The van der Waals surface area contributed by atoms with E-state index in [1.54, 1.807) is 7.05 Å². The number of nitrogens with one attached hydrogen (secondary N) is 2. The summed E-state index contributed by atoms with van der Waals surface area (Å²) in [5.41, 5.74) is 0.947. The maximum Gasteiger partial charge on any atom is 0.391 e. The lowest BCUT2D eigenvalue weighted by molar-refractivity contribution is -0.183. The second kappa shape index (κ2) is 10.0. The van der Waals surface area contributed by atoms with Gasteiger partial charge in [-0.1, -0.05) is 6.42 Å². The Morgan fingerprint density at radius 3 is 2.53 bits per heavy atom. The predicted octanol–water partition coefficient (Wildman–Crippen LogP) is 3.79. The second-order valence-electron chi connectivity index (χ2n) is 8.67. The lowest BCUT2D eigenvalue weighted by Crippen LogP contribution is -2.48. The molecule has 0 radical (unpaired) electrons. The third-order valence-corrected chi connectivity index (χ3v) is 6.40. The van der Waals surface area contributed by atoms with Gasteiger partial charge in [0.1, 0.15) is 5.76 Å². The smallest absolute Gasteiger partial charge is 0.391 e. The third kappa shape index (κ3) is 6.36. The molecule has 9 heteroatoms. The van der Waals surface area contributed by atoms with E-state index in [1.165, 1.54) is 0 Å². The van der Waals surface area contributed by atoms with Crippen LogP contribution >= 0.6 is 0 Å². The summed E-state index contributed by atoms with van der Waals surface area (Å²) in [6, 6.07) is -0.175. The van der Waals surface area contributed by atoms with Gasteiger partial charge in [0.05, 0.1) is 18.2 Å². The van der Waals surface area contributed by atoms with Crippen LogP contribution in [0.3, 0.4) is 0 Å². The number of likely N-dealkylation sites (tertiary alicyclic amines) is 1. The number of guanidine groups is 1. The monoisotopic (exact) mass is 429 g/mol. The van der Waals surface area contributed by atoms with Gasteiger partial charge in [-0.2, -0.15) is 13.2 Å². The summed E-state index contributed by atoms with van der Waals surface area (Å²) in [7, 11) is 1.67. The summed E-state index contributed by atoms with van der Waals surface area (Å²) in [6.07, 6.45) is -0.272. The SMILES string of the molecule is CN=C(NCC1CCN(Cc2nc(C)c(C)o2)CC1)NC1CCCC(C(F)(F)F)C1. The summed E-state index contributed by atoms with van der Waals surface area (Å²) >= 11 is 0.